The molecule has 0 rings (SSSR count). The van der Waals surface area contributed by atoms with Gasteiger partial charge >= 0.3 is 5.97 Å². The van der Waals surface area contributed by atoms with Gasteiger partial charge in [0.2, 0.25) is 23.6 Å². The fraction of sp³-hybridized carbons (Fsp3) is 0.750. The van der Waals surface area contributed by atoms with Gasteiger partial charge in [0.25, 0.3) is 0 Å². The highest BCUT2D eigenvalue weighted by Crippen LogP contribution is 2.07. The van der Waals surface area contributed by atoms with Gasteiger partial charge in [-0.25, -0.2) is 4.79 Å². The fourth-order valence-electron chi connectivity index (χ4n) is 2.82. The standard InChI is InChI=1S/C20H38N6O6S/c1-3-11(2)16(23)19(30)24-12(7-8-15(22)27)17(28)26-14(10-33)18(29)25-13(20(31)32)6-4-5-9-21/h11-14,16,33H,3-10,21,23H2,1-2H3,(H2,22,27)(H,24,30)(H,25,29)(H,26,28)(H,31,32). The summed E-state index contributed by atoms with van der Waals surface area (Å²) in [6.07, 6.45) is 1.64. The third kappa shape index (κ3) is 11.9. The van der Waals surface area contributed by atoms with Crippen molar-refractivity contribution in [2.75, 3.05) is 12.3 Å². The molecule has 0 aromatic heterocycles. The van der Waals surface area contributed by atoms with Crippen molar-refractivity contribution < 1.29 is 29.1 Å². The fourth-order valence-corrected chi connectivity index (χ4v) is 3.08. The van der Waals surface area contributed by atoms with Gasteiger partial charge in [0.15, 0.2) is 0 Å². The number of hydrogen-bond acceptors (Lipinski definition) is 8. The largest absolute Gasteiger partial charge is 0.480 e. The molecular formula is C20H38N6O6S. The van der Waals surface area contributed by atoms with E-state index in [1.807, 2.05) is 6.92 Å². The van der Waals surface area contributed by atoms with E-state index in [1.54, 1.807) is 6.92 Å². The molecule has 10 N–H and O–H groups in total. The van der Waals surface area contributed by atoms with E-state index in [9.17, 15) is 29.1 Å². The van der Waals surface area contributed by atoms with Crippen LogP contribution in [0.15, 0.2) is 0 Å². The topological polar surface area (TPSA) is 220 Å². The maximum absolute atomic E-state index is 12.8. The quantitative estimate of drug-likeness (QED) is 0.0858. The number of carbonyl (C=O) groups is 5. The summed E-state index contributed by atoms with van der Waals surface area (Å²) < 4.78 is 0. The first-order chi connectivity index (χ1) is 15.5. The van der Waals surface area contributed by atoms with Crippen LogP contribution in [0.25, 0.3) is 0 Å². The van der Waals surface area contributed by atoms with Crippen molar-refractivity contribution in [3.8, 4) is 0 Å². The van der Waals surface area contributed by atoms with Crippen LogP contribution < -0.4 is 33.2 Å². The summed E-state index contributed by atoms with van der Waals surface area (Å²) in [4.78, 5) is 60.4. The number of aliphatic carboxylic acids is 1. The Kier molecular flexibility index (Phi) is 15.1. The molecule has 0 fully saturated rings. The Bertz CT molecular complexity index is 679. The van der Waals surface area contributed by atoms with Gasteiger partial charge in [-0.2, -0.15) is 12.6 Å². The zero-order valence-electron chi connectivity index (χ0n) is 19.2. The average Bonchev–Trinajstić information content (AvgIpc) is 2.77. The molecule has 0 radical (unpaired) electrons. The SMILES string of the molecule is CCC(C)C(N)C(=O)NC(CCC(N)=O)C(=O)NC(CS)C(=O)NC(CCCCN)C(=O)O. The molecule has 190 valence electrons. The molecule has 0 heterocycles. The maximum atomic E-state index is 12.8. The predicted molar refractivity (Wildman–Crippen MR) is 126 cm³/mol. The molecule has 12 nitrogen and oxygen atoms in total. The summed E-state index contributed by atoms with van der Waals surface area (Å²) >= 11 is 4.06. The van der Waals surface area contributed by atoms with Crippen molar-refractivity contribution >= 4 is 42.2 Å². The summed E-state index contributed by atoms with van der Waals surface area (Å²) in [6, 6.07) is -4.36. The van der Waals surface area contributed by atoms with Crippen molar-refractivity contribution in [2.45, 2.75) is 76.5 Å². The van der Waals surface area contributed by atoms with Crippen LogP contribution in [-0.2, 0) is 24.0 Å². The number of primary amides is 1. The van der Waals surface area contributed by atoms with Crippen LogP contribution in [0.1, 0.15) is 52.4 Å². The number of nitrogens with one attached hydrogen (secondary N) is 3. The average molecular weight is 491 g/mol. The number of nitrogens with two attached hydrogens (primary N) is 3. The zero-order chi connectivity index (χ0) is 25.6. The predicted octanol–water partition coefficient (Wildman–Crippen LogP) is -1.78. The lowest BCUT2D eigenvalue weighted by Gasteiger charge is -2.25. The smallest absolute Gasteiger partial charge is 0.326 e. The number of hydrogen-bond donors (Lipinski definition) is 8. The summed E-state index contributed by atoms with van der Waals surface area (Å²) in [5.74, 6) is -4.22. The van der Waals surface area contributed by atoms with Crippen molar-refractivity contribution in [3.05, 3.63) is 0 Å². The van der Waals surface area contributed by atoms with Crippen molar-refractivity contribution in [1.29, 1.82) is 0 Å². The molecule has 13 heteroatoms. The molecule has 0 aliphatic rings. The lowest BCUT2D eigenvalue weighted by atomic mass is 9.98. The highest BCUT2D eigenvalue weighted by molar-refractivity contribution is 7.80. The van der Waals surface area contributed by atoms with E-state index in [2.05, 4.69) is 28.6 Å². The highest BCUT2D eigenvalue weighted by Gasteiger charge is 2.30. The Morgan fingerprint density at radius 2 is 1.45 bits per heavy atom. The van der Waals surface area contributed by atoms with Gasteiger partial charge in [0.05, 0.1) is 6.04 Å². The number of thiol groups is 1. The summed E-state index contributed by atoms with van der Waals surface area (Å²) in [5, 5.41) is 16.7. The Hall–Kier alpha value is -2.38. The normalized spacial score (nSPS) is 15.4. The van der Waals surface area contributed by atoms with E-state index < -0.39 is 53.8 Å². The minimum Gasteiger partial charge on any atom is -0.480 e. The van der Waals surface area contributed by atoms with Gasteiger partial charge < -0.3 is 38.3 Å². The first-order valence-corrected chi connectivity index (χ1v) is 11.6. The van der Waals surface area contributed by atoms with E-state index in [0.717, 1.165) is 0 Å². The van der Waals surface area contributed by atoms with Gasteiger partial charge in [-0.05, 0) is 38.1 Å². The summed E-state index contributed by atoms with van der Waals surface area (Å²) in [5.41, 5.74) is 16.5. The number of carboxylic acid groups (broad SMARTS) is 1. The van der Waals surface area contributed by atoms with E-state index in [0.29, 0.717) is 25.8 Å². The Labute approximate surface area is 199 Å². The van der Waals surface area contributed by atoms with Gasteiger partial charge in [0, 0.05) is 12.2 Å². The van der Waals surface area contributed by atoms with E-state index in [1.165, 1.54) is 0 Å². The van der Waals surface area contributed by atoms with Crippen molar-refractivity contribution in [3.63, 3.8) is 0 Å². The van der Waals surface area contributed by atoms with Gasteiger partial charge in [0.1, 0.15) is 18.1 Å². The number of rotatable bonds is 17. The molecule has 0 saturated carbocycles. The second-order valence-electron chi connectivity index (χ2n) is 7.91. The number of carbonyl (C=O) groups excluding carboxylic acids is 4. The van der Waals surface area contributed by atoms with Crippen LogP contribution in [0, 0.1) is 5.92 Å². The molecule has 5 atom stereocenters. The monoisotopic (exact) mass is 490 g/mol. The van der Waals surface area contributed by atoms with Crippen LogP contribution in [0.3, 0.4) is 0 Å². The zero-order valence-corrected chi connectivity index (χ0v) is 20.1. The van der Waals surface area contributed by atoms with Crippen LogP contribution in [-0.4, -0.2) is 71.2 Å². The minimum absolute atomic E-state index is 0.0993. The first-order valence-electron chi connectivity index (χ1n) is 11.0. The second kappa shape index (κ2) is 16.3. The Morgan fingerprint density at radius 3 is 1.94 bits per heavy atom. The van der Waals surface area contributed by atoms with Gasteiger partial charge in [-0.1, -0.05) is 20.3 Å². The lowest BCUT2D eigenvalue weighted by molar-refractivity contribution is -0.142. The third-order valence-corrected chi connectivity index (χ3v) is 5.61. The second-order valence-corrected chi connectivity index (χ2v) is 8.27. The summed E-state index contributed by atoms with van der Waals surface area (Å²) in [7, 11) is 0. The van der Waals surface area contributed by atoms with E-state index in [4.69, 9.17) is 17.2 Å². The summed E-state index contributed by atoms with van der Waals surface area (Å²) in [6.45, 7) is 4.05. The molecule has 4 amide bonds. The van der Waals surface area contributed by atoms with Crippen LogP contribution in [0.5, 0.6) is 0 Å². The lowest BCUT2D eigenvalue weighted by Crippen LogP contribution is -2.58. The van der Waals surface area contributed by atoms with Gasteiger partial charge in [-0.15, -0.1) is 0 Å². The Balaban J connectivity index is 5.28. The van der Waals surface area contributed by atoms with E-state index in [-0.39, 0.29) is 30.9 Å². The molecule has 5 unspecified atom stereocenters. The van der Waals surface area contributed by atoms with Crippen LogP contribution >= 0.6 is 12.6 Å². The third-order valence-electron chi connectivity index (χ3n) is 5.25. The van der Waals surface area contributed by atoms with Crippen LogP contribution in [0.2, 0.25) is 0 Å². The number of carboxylic acids is 1. The minimum atomic E-state index is -1.21. The first kappa shape index (κ1) is 30.6. The molecule has 0 aromatic carbocycles. The molecule has 0 aromatic rings. The Morgan fingerprint density at radius 1 is 0.909 bits per heavy atom. The molecule has 0 bridgehead atoms. The molecule has 0 aliphatic heterocycles. The van der Waals surface area contributed by atoms with Crippen molar-refractivity contribution in [2.24, 2.45) is 23.1 Å². The van der Waals surface area contributed by atoms with Crippen molar-refractivity contribution in [1.82, 2.24) is 16.0 Å². The molecule has 0 saturated heterocycles. The van der Waals surface area contributed by atoms with E-state index >= 15 is 0 Å². The number of amides is 4. The molecule has 33 heavy (non-hydrogen) atoms. The number of unbranched alkanes of at least 4 members (excludes halogenated alkanes) is 1. The molecular weight excluding hydrogens is 452 g/mol. The highest BCUT2D eigenvalue weighted by atomic mass is 32.1. The van der Waals surface area contributed by atoms with Crippen LogP contribution in [0.4, 0.5) is 0 Å². The molecule has 0 spiro atoms. The van der Waals surface area contributed by atoms with Gasteiger partial charge in [-0.3, -0.25) is 19.2 Å². The molecule has 0 aliphatic carbocycles. The maximum Gasteiger partial charge on any atom is 0.326 e.